The van der Waals surface area contributed by atoms with Crippen LogP contribution in [0, 0.1) is 6.92 Å². The van der Waals surface area contributed by atoms with E-state index in [0.29, 0.717) is 0 Å². The van der Waals surface area contributed by atoms with Crippen molar-refractivity contribution in [2.75, 3.05) is 6.61 Å². The van der Waals surface area contributed by atoms with Gasteiger partial charge in [0.1, 0.15) is 17.1 Å². The van der Waals surface area contributed by atoms with Gasteiger partial charge in [-0.3, -0.25) is 4.79 Å². The summed E-state index contributed by atoms with van der Waals surface area (Å²) in [6, 6.07) is 12.3. The fourth-order valence-corrected chi connectivity index (χ4v) is 4.29. The van der Waals surface area contributed by atoms with Crippen molar-refractivity contribution in [1.82, 2.24) is 5.32 Å². The number of hydrogen-bond donors (Lipinski definition) is 1. The van der Waals surface area contributed by atoms with E-state index in [1.54, 1.807) is 0 Å². The third kappa shape index (κ3) is 4.16. The Morgan fingerprint density at radius 3 is 2.75 bits per heavy atom. The fourth-order valence-electron chi connectivity index (χ4n) is 4.29. The molecule has 1 aliphatic heterocycles. The van der Waals surface area contributed by atoms with Crippen LogP contribution < -0.4 is 14.8 Å². The van der Waals surface area contributed by atoms with Gasteiger partial charge in [0.2, 0.25) is 0 Å². The summed E-state index contributed by atoms with van der Waals surface area (Å²) >= 11 is 0. The van der Waals surface area contributed by atoms with Gasteiger partial charge in [-0.05, 0) is 75.8 Å². The number of aryl methyl sites for hydroxylation is 3. The molecule has 28 heavy (non-hydrogen) atoms. The zero-order valence-corrected chi connectivity index (χ0v) is 17.0. The summed E-state index contributed by atoms with van der Waals surface area (Å²) < 4.78 is 11.9. The topological polar surface area (TPSA) is 47.6 Å². The molecule has 2 aromatic carbocycles. The van der Waals surface area contributed by atoms with Crippen molar-refractivity contribution in [2.24, 2.45) is 0 Å². The van der Waals surface area contributed by atoms with Gasteiger partial charge in [0.05, 0.1) is 6.04 Å². The Labute approximate surface area is 167 Å². The van der Waals surface area contributed by atoms with E-state index in [1.165, 1.54) is 24.0 Å². The minimum Gasteiger partial charge on any atom is -0.487 e. The Morgan fingerprint density at radius 2 is 1.93 bits per heavy atom. The molecule has 0 radical (unpaired) electrons. The Hall–Kier alpha value is -2.49. The van der Waals surface area contributed by atoms with E-state index in [-0.39, 0.29) is 24.2 Å². The van der Waals surface area contributed by atoms with Crippen LogP contribution in [0.25, 0.3) is 0 Å². The molecule has 1 amide bonds. The second-order valence-electron chi connectivity index (χ2n) is 8.65. The number of fused-ring (bicyclic) bond motifs is 2. The van der Waals surface area contributed by atoms with Gasteiger partial charge in [0.25, 0.3) is 5.91 Å². The van der Waals surface area contributed by atoms with Crippen molar-refractivity contribution in [3.05, 3.63) is 58.7 Å². The van der Waals surface area contributed by atoms with E-state index in [1.807, 2.05) is 18.2 Å². The van der Waals surface area contributed by atoms with Gasteiger partial charge in [0, 0.05) is 12.0 Å². The third-order valence-electron chi connectivity index (χ3n) is 5.65. The average molecular weight is 380 g/mol. The second-order valence-corrected chi connectivity index (χ2v) is 8.65. The molecule has 1 atom stereocenters. The number of ether oxygens (including phenoxy) is 2. The van der Waals surface area contributed by atoms with Gasteiger partial charge in [0.15, 0.2) is 6.61 Å². The van der Waals surface area contributed by atoms with Crippen molar-refractivity contribution >= 4 is 5.91 Å². The first kappa shape index (κ1) is 18.9. The minimum absolute atomic E-state index is 0.0255. The van der Waals surface area contributed by atoms with Crippen LogP contribution in [0.5, 0.6) is 11.5 Å². The largest absolute Gasteiger partial charge is 0.487 e. The normalized spacial score (nSPS) is 19.8. The monoisotopic (exact) mass is 379 g/mol. The number of nitrogens with one attached hydrogen (secondary N) is 1. The van der Waals surface area contributed by atoms with Gasteiger partial charge in [-0.2, -0.15) is 0 Å². The highest BCUT2D eigenvalue weighted by molar-refractivity contribution is 5.78. The van der Waals surface area contributed by atoms with Crippen molar-refractivity contribution in [3.8, 4) is 11.5 Å². The van der Waals surface area contributed by atoms with Crippen LogP contribution in [-0.2, 0) is 17.6 Å². The molecule has 0 saturated heterocycles. The summed E-state index contributed by atoms with van der Waals surface area (Å²) in [6.45, 7) is 6.19. The molecule has 0 spiro atoms. The molecule has 4 rings (SSSR count). The highest BCUT2D eigenvalue weighted by Gasteiger charge is 2.34. The van der Waals surface area contributed by atoms with E-state index in [0.717, 1.165) is 41.9 Å². The van der Waals surface area contributed by atoms with Crippen LogP contribution in [0.3, 0.4) is 0 Å². The number of rotatable bonds is 4. The zero-order chi connectivity index (χ0) is 19.7. The van der Waals surface area contributed by atoms with Crippen LogP contribution in [-0.4, -0.2) is 18.1 Å². The molecule has 1 N–H and O–H groups in total. The zero-order valence-electron chi connectivity index (χ0n) is 17.0. The van der Waals surface area contributed by atoms with Gasteiger partial charge >= 0.3 is 0 Å². The molecule has 1 unspecified atom stereocenters. The maximum absolute atomic E-state index is 12.6. The number of carbonyl (C=O) groups excluding carboxylic acids is 1. The van der Waals surface area contributed by atoms with Crippen LogP contribution in [0.4, 0.5) is 0 Å². The van der Waals surface area contributed by atoms with Crippen molar-refractivity contribution in [1.29, 1.82) is 0 Å². The molecule has 2 aliphatic rings. The molecule has 0 fully saturated rings. The summed E-state index contributed by atoms with van der Waals surface area (Å²) in [6.07, 6.45) is 5.47. The van der Waals surface area contributed by atoms with Gasteiger partial charge in [-0.15, -0.1) is 0 Å². The highest BCUT2D eigenvalue weighted by Crippen LogP contribution is 2.39. The van der Waals surface area contributed by atoms with Gasteiger partial charge < -0.3 is 14.8 Å². The van der Waals surface area contributed by atoms with E-state index >= 15 is 0 Å². The van der Waals surface area contributed by atoms with E-state index in [4.69, 9.17) is 9.47 Å². The lowest BCUT2D eigenvalue weighted by atomic mass is 9.89. The first-order chi connectivity index (χ1) is 13.4. The van der Waals surface area contributed by atoms with E-state index in [2.05, 4.69) is 44.3 Å². The maximum Gasteiger partial charge on any atom is 0.258 e. The number of carbonyl (C=O) groups is 1. The molecular formula is C24H29NO3. The first-order valence-electron chi connectivity index (χ1n) is 10.2. The highest BCUT2D eigenvalue weighted by atomic mass is 16.5. The minimum atomic E-state index is -0.320. The molecule has 0 aromatic heterocycles. The molecule has 1 heterocycles. The van der Waals surface area contributed by atoms with Crippen molar-refractivity contribution < 1.29 is 14.3 Å². The Balaban J connectivity index is 1.42. The standard InChI is InChI=1S/C24H29NO3/c1-16-8-11-22-20(12-16)21(14-24(2,3)28-22)25-23(26)15-27-19-10-9-17-6-4-5-7-18(17)13-19/h8-13,21H,4-7,14-15H2,1-3H3,(H,25,26). The van der Waals surface area contributed by atoms with Gasteiger partial charge in [-0.25, -0.2) is 0 Å². The summed E-state index contributed by atoms with van der Waals surface area (Å²) in [5, 5.41) is 3.15. The third-order valence-corrected chi connectivity index (χ3v) is 5.65. The second kappa shape index (κ2) is 7.50. The summed E-state index contributed by atoms with van der Waals surface area (Å²) in [5.41, 5.74) is 4.66. The maximum atomic E-state index is 12.6. The van der Waals surface area contributed by atoms with E-state index in [9.17, 15) is 4.79 Å². The lowest BCUT2D eigenvalue weighted by Crippen LogP contribution is -2.42. The molecule has 4 nitrogen and oxygen atoms in total. The van der Waals surface area contributed by atoms with Crippen LogP contribution in [0.1, 0.15) is 61.4 Å². The summed E-state index contributed by atoms with van der Waals surface area (Å²) in [4.78, 5) is 12.6. The quantitative estimate of drug-likeness (QED) is 0.840. The van der Waals surface area contributed by atoms with Crippen LogP contribution in [0.2, 0.25) is 0 Å². The molecule has 4 heteroatoms. The number of benzene rings is 2. The molecule has 1 aliphatic carbocycles. The lowest BCUT2D eigenvalue weighted by molar-refractivity contribution is -0.124. The molecular weight excluding hydrogens is 350 g/mol. The van der Waals surface area contributed by atoms with E-state index < -0.39 is 0 Å². The number of hydrogen-bond acceptors (Lipinski definition) is 3. The van der Waals surface area contributed by atoms with Crippen LogP contribution in [0.15, 0.2) is 36.4 Å². The first-order valence-corrected chi connectivity index (χ1v) is 10.2. The smallest absolute Gasteiger partial charge is 0.258 e. The SMILES string of the molecule is Cc1ccc2c(c1)C(NC(=O)COc1ccc3c(c1)CCCC3)CC(C)(C)O2. The lowest BCUT2D eigenvalue weighted by Gasteiger charge is -2.38. The van der Waals surface area contributed by atoms with Crippen molar-refractivity contribution in [3.63, 3.8) is 0 Å². The predicted octanol–water partition coefficient (Wildman–Crippen LogP) is 4.67. The Morgan fingerprint density at radius 1 is 1.14 bits per heavy atom. The molecule has 148 valence electrons. The van der Waals surface area contributed by atoms with Crippen molar-refractivity contribution in [2.45, 2.75) is 64.5 Å². The predicted molar refractivity (Wildman–Crippen MR) is 110 cm³/mol. The average Bonchev–Trinajstić information content (AvgIpc) is 2.66. The summed E-state index contributed by atoms with van der Waals surface area (Å²) in [5.74, 6) is 1.52. The summed E-state index contributed by atoms with van der Waals surface area (Å²) in [7, 11) is 0. The molecule has 0 saturated carbocycles. The molecule has 0 bridgehead atoms. The Kier molecular flexibility index (Phi) is 5.05. The van der Waals surface area contributed by atoms with Crippen LogP contribution >= 0.6 is 0 Å². The number of amides is 1. The Bertz CT molecular complexity index is 887. The van der Waals surface area contributed by atoms with Gasteiger partial charge in [-0.1, -0.05) is 23.8 Å². The molecule has 2 aromatic rings. The fraction of sp³-hybridized carbons (Fsp3) is 0.458.